The summed E-state index contributed by atoms with van der Waals surface area (Å²) in [6.07, 6.45) is 4.26. The molecule has 0 N–H and O–H groups in total. The zero-order chi connectivity index (χ0) is 17.6. The highest BCUT2D eigenvalue weighted by molar-refractivity contribution is 5.91. The number of carbonyl (C=O) groups excluding carboxylic acids is 1. The Balaban J connectivity index is 1.56. The average molecular weight is 343 g/mol. The quantitative estimate of drug-likeness (QED) is 0.801. The predicted molar refractivity (Wildman–Crippen MR) is 95.2 cm³/mol. The number of hydrogen-bond donors (Lipinski definition) is 0. The van der Waals surface area contributed by atoms with Crippen molar-refractivity contribution < 1.29 is 18.7 Å². The monoisotopic (exact) mass is 343 g/mol. The molecular weight excluding hydrogens is 318 g/mol. The number of benzene rings is 1. The number of ether oxygens (including phenoxy) is 2. The van der Waals surface area contributed by atoms with Gasteiger partial charge in [-0.25, -0.2) is 0 Å². The van der Waals surface area contributed by atoms with Crippen LogP contribution in [0, 0.1) is 5.92 Å². The van der Waals surface area contributed by atoms with Gasteiger partial charge in [0, 0.05) is 19.2 Å². The van der Waals surface area contributed by atoms with Gasteiger partial charge in [0.05, 0.1) is 14.2 Å². The van der Waals surface area contributed by atoms with Crippen molar-refractivity contribution in [1.82, 2.24) is 4.90 Å². The standard InChI is InChI=1S/C20H25NO4/c1-23-17-7-3-5-15(13-17)8-9-16-6-4-12-21(14-16)20(22)18-10-11-19(24-2)25-18/h3,5,7,10-11,13,16H,4,6,8-9,12,14H2,1-2H3/t16-/m0/s1. The highest BCUT2D eigenvalue weighted by Crippen LogP contribution is 2.25. The minimum atomic E-state index is -0.0469. The molecule has 2 heterocycles. The molecule has 0 bridgehead atoms. The number of hydrogen-bond acceptors (Lipinski definition) is 4. The Bertz CT molecular complexity index is 709. The maximum atomic E-state index is 12.6. The van der Waals surface area contributed by atoms with Crippen LogP contribution in [0.2, 0.25) is 0 Å². The van der Waals surface area contributed by atoms with Gasteiger partial charge in [-0.15, -0.1) is 0 Å². The molecule has 1 aromatic heterocycles. The average Bonchev–Trinajstić information content (AvgIpc) is 3.15. The van der Waals surface area contributed by atoms with Crippen molar-refractivity contribution in [1.29, 1.82) is 0 Å². The first kappa shape index (κ1) is 17.4. The second-order valence-corrected chi connectivity index (χ2v) is 6.47. The number of nitrogens with zero attached hydrogens (tertiary/aromatic N) is 1. The lowest BCUT2D eigenvalue weighted by Gasteiger charge is -2.32. The van der Waals surface area contributed by atoms with E-state index in [9.17, 15) is 4.79 Å². The van der Waals surface area contributed by atoms with Gasteiger partial charge >= 0.3 is 0 Å². The van der Waals surface area contributed by atoms with Gasteiger partial charge in [-0.1, -0.05) is 12.1 Å². The Labute approximate surface area is 148 Å². The molecule has 5 heteroatoms. The number of furan rings is 1. The van der Waals surface area contributed by atoms with Crippen molar-refractivity contribution in [2.45, 2.75) is 25.7 Å². The van der Waals surface area contributed by atoms with Gasteiger partial charge < -0.3 is 18.8 Å². The lowest BCUT2D eigenvalue weighted by molar-refractivity contribution is 0.0630. The van der Waals surface area contributed by atoms with Crippen LogP contribution in [0.4, 0.5) is 0 Å². The summed E-state index contributed by atoms with van der Waals surface area (Å²) < 4.78 is 15.7. The molecule has 0 radical (unpaired) electrons. The molecule has 1 aliphatic heterocycles. The fourth-order valence-electron chi connectivity index (χ4n) is 3.38. The fourth-order valence-corrected chi connectivity index (χ4v) is 3.38. The van der Waals surface area contributed by atoms with Crippen LogP contribution in [0.5, 0.6) is 11.7 Å². The molecule has 0 aliphatic carbocycles. The largest absolute Gasteiger partial charge is 0.497 e. The summed E-state index contributed by atoms with van der Waals surface area (Å²) >= 11 is 0. The van der Waals surface area contributed by atoms with E-state index in [4.69, 9.17) is 13.9 Å². The van der Waals surface area contributed by atoms with Crippen molar-refractivity contribution in [3.63, 3.8) is 0 Å². The van der Waals surface area contributed by atoms with Crippen molar-refractivity contribution in [2.75, 3.05) is 27.3 Å². The fraction of sp³-hybridized carbons (Fsp3) is 0.450. The zero-order valence-corrected chi connectivity index (χ0v) is 14.9. The first-order valence-electron chi connectivity index (χ1n) is 8.75. The Morgan fingerprint density at radius 3 is 2.88 bits per heavy atom. The van der Waals surface area contributed by atoms with E-state index in [1.54, 1.807) is 19.2 Å². The zero-order valence-electron chi connectivity index (χ0n) is 14.9. The van der Waals surface area contributed by atoms with E-state index in [0.717, 1.165) is 44.5 Å². The number of rotatable bonds is 6. The van der Waals surface area contributed by atoms with Crippen LogP contribution in [0.3, 0.4) is 0 Å². The molecule has 1 atom stereocenters. The number of amides is 1. The highest BCUT2D eigenvalue weighted by Gasteiger charge is 2.26. The molecule has 134 valence electrons. The predicted octanol–water partition coefficient (Wildman–Crippen LogP) is 3.78. The molecule has 5 nitrogen and oxygen atoms in total. The normalized spacial score (nSPS) is 17.4. The molecular formula is C20H25NO4. The number of methoxy groups -OCH3 is 2. The maximum absolute atomic E-state index is 12.6. The number of likely N-dealkylation sites (tertiary alicyclic amines) is 1. The van der Waals surface area contributed by atoms with Crippen LogP contribution in [0.1, 0.15) is 35.4 Å². The van der Waals surface area contributed by atoms with Crippen LogP contribution < -0.4 is 9.47 Å². The van der Waals surface area contributed by atoms with Crippen LogP contribution in [0.25, 0.3) is 0 Å². The van der Waals surface area contributed by atoms with E-state index in [1.165, 1.54) is 12.7 Å². The van der Waals surface area contributed by atoms with Gasteiger partial charge in [-0.2, -0.15) is 0 Å². The topological polar surface area (TPSA) is 51.9 Å². The van der Waals surface area contributed by atoms with Crippen LogP contribution in [-0.2, 0) is 6.42 Å². The Kier molecular flexibility index (Phi) is 5.64. The molecule has 2 aromatic rings. The SMILES string of the molecule is COc1cccc(CC[C@@H]2CCCN(C(=O)c3ccc(OC)o3)C2)c1. The molecule has 1 amide bonds. The molecule has 1 fully saturated rings. The maximum Gasteiger partial charge on any atom is 0.289 e. The molecule has 1 aliphatic rings. The molecule has 3 rings (SSSR count). The summed E-state index contributed by atoms with van der Waals surface area (Å²) in [5, 5.41) is 0. The van der Waals surface area contributed by atoms with Crippen molar-refractivity contribution in [3.05, 3.63) is 47.7 Å². The lowest BCUT2D eigenvalue weighted by Crippen LogP contribution is -2.39. The van der Waals surface area contributed by atoms with Gasteiger partial charge in [-0.3, -0.25) is 4.79 Å². The lowest BCUT2D eigenvalue weighted by atomic mass is 9.91. The number of carbonyl (C=O) groups is 1. The summed E-state index contributed by atoms with van der Waals surface area (Å²) in [5.41, 5.74) is 1.28. The van der Waals surface area contributed by atoms with Crippen LogP contribution in [0.15, 0.2) is 40.8 Å². The van der Waals surface area contributed by atoms with E-state index in [0.29, 0.717) is 17.6 Å². The van der Waals surface area contributed by atoms with Crippen molar-refractivity contribution >= 4 is 5.91 Å². The molecule has 0 saturated carbocycles. The van der Waals surface area contributed by atoms with Gasteiger partial charge in [0.2, 0.25) is 0 Å². The third-order valence-corrected chi connectivity index (χ3v) is 4.77. The molecule has 1 saturated heterocycles. The molecule has 0 spiro atoms. The molecule has 25 heavy (non-hydrogen) atoms. The second kappa shape index (κ2) is 8.10. The smallest absolute Gasteiger partial charge is 0.289 e. The van der Waals surface area contributed by atoms with Gasteiger partial charge in [0.25, 0.3) is 11.9 Å². The Morgan fingerprint density at radius 2 is 2.12 bits per heavy atom. The minimum Gasteiger partial charge on any atom is -0.497 e. The first-order chi connectivity index (χ1) is 12.2. The second-order valence-electron chi connectivity index (χ2n) is 6.47. The van der Waals surface area contributed by atoms with E-state index in [2.05, 4.69) is 12.1 Å². The summed E-state index contributed by atoms with van der Waals surface area (Å²) in [6, 6.07) is 11.6. The van der Waals surface area contributed by atoms with Crippen molar-refractivity contribution in [3.8, 4) is 11.7 Å². The third kappa shape index (κ3) is 4.35. The van der Waals surface area contributed by atoms with Crippen molar-refractivity contribution in [2.24, 2.45) is 5.92 Å². The van der Waals surface area contributed by atoms with Crippen LogP contribution >= 0.6 is 0 Å². The van der Waals surface area contributed by atoms with Gasteiger partial charge in [-0.05, 0) is 55.4 Å². The van der Waals surface area contributed by atoms with E-state index < -0.39 is 0 Å². The van der Waals surface area contributed by atoms with E-state index in [1.807, 2.05) is 17.0 Å². The summed E-state index contributed by atoms with van der Waals surface area (Å²) in [7, 11) is 3.22. The molecule has 1 aromatic carbocycles. The third-order valence-electron chi connectivity index (χ3n) is 4.77. The summed E-state index contributed by atoms with van der Waals surface area (Å²) in [6.45, 7) is 1.57. The van der Waals surface area contributed by atoms with E-state index >= 15 is 0 Å². The Hall–Kier alpha value is -2.43. The van der Waals surface area contributed by atoms with Crippen LogP contribution in [-0.4, -0.2) is 38.1 Å². The molecule has 0 unspecified atom stereocenters. The summed E-state index contributed by atoms with van der Waals surface area (Å²) in [5.74, 6) is 2.08. The summed E-state index contributed by atoms with van der Waals surface area (Å²) in [4.78, 5) is 14.5. The highest BCUT2D eigenvalue weighted by atomic mass is 16.6. The first-order valence-corrected chi connectivity index (χ1v) is 8.75. The number of aryl methyl sites for hydroxylation is 1. The van der Waals surface area contributed by atoms with E-state index in [-0.39, 0.29) is 5.91 Å². The minimum absolute atomic E-state index is 0.0469. The van der Waals surface area contributed by atoms with Gasteiger partial charge in [0.15, 0.2) is 5.76 Å². The number of piperidine rings is 1. The van der Waals surface area contributed by atoms with Gasteiger partial charge in [0.1, 0.15) is 5.75 Å². The Morgan fingerprint density at radius 1 is 1.24 bits per heavy atom.